The highest BCUT2D eigenvalue weighted by Crippen LogP contribution is 2.08. The molecule has 5 heteroatoms. The van der Waals surface area contributed by atoms with Crippen LogP contribution in [0.25, 0.3) is 0 Å². The smallest absolute Gasteiger partial charge is 0.250 e. The van der Waals surface area contributed by atoms with Gasteiger partial charge in [0, 0.05) is 18.8 Å². The Labute approximate surface area is 82.1 Å². The number of aromatic nitrogens is 2. The maximum Gasteiger partial charge on any atom is 0.250 e. The van der Waals surface area contributed by atoms with Gasteiger partial charge in [0.2, 0.25) is 0 Å². The molecule has 0 aromatic carbocycles. The number of rotatable bonds is 5. The van der Waals surface area contributed by atoms with Crippen LogP contribution in [0.15, 0.2) is 12.5 Å². The van der Waals surface area contributed by atoms with Gasteiger partial charge in [-0.15, -0.1) is 0 Å². The summed E-state index contributed by atoms with van der Waals surface area (Å²) in [7, 11) is 0. The van der Waals surface area contributed by atoms with Crippen LogP contribution < -0.4 is 5.32 Å². The Balaban J connectivity index is 2.46. The Bertz CT molecular complexity index is 271. The summed E-state index contributed by atoms with van der Waals surface area (Å²) in [6.45, 7) is 4.21. The molecule has 0 fully saturated rings. The zero-order valence-corrected chi connectivity index (χ0v) is 8.37. The molecule has 3 nitrogen and oxygen atoms in total. The van der Waals surface area contributed by atoms with Crippen LogP contribution in [0.2, 0.25) is 0 Å². The molecule has 1 rings (SSSR count). The third kappa shape index (κ3) is 3.06. The Kier molecular flexibility index (Phi) is 4.00. The molecule has 80 valence electrons. The van der Waals surface area contributed by atoms with Crippen LogP contribution in [0.4, 0.5) is 8.78 Å². The largest absolute Gasteiger partial charge is 0.331 e. The molecule has 1 aromatic rings. The van der Waals surface area contributed by atoms with Crippen LogP contribution in [0.5, 0.6) is 0 Å². The molecule has 0 amide bonds. The van der Waals surface area contributed by atoms with Crippen molar-refractivity contribution in [1.29, 1.82) is 0 Å². The van der Waals surface area contributed by atoms with E-state index in [0.717, 1.165) is 5.69 Å². The second-order valence-corrected chi connectivity index (χ2v) is 3.41. The first-order chi connectivity index (χ1) is 6.61. The van der Waals surface area contributed by atoms with Crippen molar-refractivity contribution in [3.8, 4) is 0 Å². The van der Waals surface area contributed by atoms with Gasteiger partial charge in [0.1, 0.15) is 0 Å². The number of hydrogen-bond acceptors (Lipinski definition) is 2. The molecule has 0 saturated carbocycles. The highest BCUT2D eigenvalue weighted by molar-refractivity contribution is 4.99. The fourth-order valence-corrected chi connectivity index (χ4v) is 1.24. The van der Waals surface area contributed by atoms with Gasteiger partial charge >= 0.3 is 0 Å². The van der Waals surface area contributed by atoms with Crippen molar-refractivity contribution < 1.29 is 8.78 Å². The number of imidazole rings is 1. The van der Waals surface area contributed by atoms with E-state index in [0.29, 0.717) is 12.6 Å². The molecule has 0 unspecified atom stereocenters. The quantitative estimate of drug-likeness (QED) is 0.791. The molecule has 0 bridgehead atoms. The van der Waals surface area contributed by atoms with Gasteiger partial charge < -0.3 is 9.88 Å². The van der Waals surface area contributed by atoms with Gasteiger partial charge in [-0.3, -0.25) is 0 Å². The van der Waals surface area contributed by atoms with Crippen LogP contribution in [0.1, 0.15) is 25.6 Å². The van der Waals surface area contributed by atoms with E-state index in [9.17, 15) is 8.78 Å². The lowest BCUT2D eigenvalue weighted by Gasteiger charge is -2.11. The summed E-state index contributed by atoms with van der Waals surface area (Å²) in [4.78, 5) is 3.98. The maximum atomic E-state index is 11.8. The first kappa shape index (κ1) is 11.1. The fourth-order valence-electron chi connectivity index (χ4n) is 1.24. The third-order valence-corrected chi connectivity index (χ3v) is 1.91. The Morgan fingerprint density at radius 2 is 2.21 bits per heavy atom. The van der Waals surface area contributed by atoms with Crippen LogP contribution in [0.3, 0.4) is 0 Å². The van der Waals surface area contributed by atoms with Crippen LogP contribution in [0, 0.1) is 0 Å². The lowest BCUT2D eigenvalue weighted by Crippen LogP contribution is -2.22. The van der Waals surface area contributed by atoms with E-state index < -0.39 is 6.43 Å². The maximum absolute atomic E-state index is 11.8. The molecular formula is C9H15F2N3. The summed E-state index contributed by atoms with van der Waals surface area (Å²) in [5.74, 6) is 0. The summed E-state index contributed by atoms with van der Waals surface area (Å²) >= 11 is 0. The lowest BCUT2D eigenvalue weighted by molar-refractivity contribution is 0.145. The average molecular weight is 203 g/mol. The SMILES string of the molecule is CC(C)n1cncc1CNCC(F)F. The summed E-state index contributed by atoms with van der Waals surface area (Å²) in [5, 5.41) is 2.67. The number of nitrogens with zero attached hydrogens (tertiary/aromatic N) is 2. The lowest BCUT2D eigenvalue weighted by atomic mass is 10.3. The molecule has 0 aliphatic rings. The Morgan fingerprint density at radius 1 is 1.50 bits per heavy atom. The van der Waals surface area contributed by atoms with Crippen molar-refractivity contribution in [1.82, 2.24) is 14.9 Å². The normalized spacial score (nSPS) is 11.6. The molecule has 0 saturated heterocycles. The van der Waals surface area contributed by atoms with Gasteiger partial charge in [0.15, 0.2) is 0 Å². The number of halogens is 2. The van der Waals surface area contributed by atoms with E-state index in [1.54, 1.807) is 12.5 Å². The molecule has 0 spiro atoms. The zero-order chi connectivity index (χ0) is 10.6. The molecule has 14 heavy (non-hydrogen) atoms. The van der Waals surface area contributed by atoms with Crippen molar-refractivity contribution in [3.05, 3.63) is 18.2 Å². The van der Waals surface area contributed by atoms with Crippen LogP contribution >= 0.6 is 0 Å². The van der Waals surface area contributed by atoms with E-state index in [1.165, 1.54) is 0 Å². The minimum atomic E-state index is -2.30. The van der Waals surface area contributed by atoms with Gasteiger partial charge in [-0.1, -0.05) is 0 Å². The van der Waals surface area contributed by atoms with E-state index in [-0.39, 0.29) is 6.54 Å². The molecule has 1 heterocycles. The van der Waals surface area contributed by atoms with E-state index in [1.807, 2.05) is 18.4 Å². The summed E-state index contributed by atoms with van der Waals surface area (Å²) in [6.07, 6.45) is 1.10. The third-order valence-electron chi connectivity index (χ3n) is 1.91. The van der Waals surface area contributed by atoms with Crippen molar-refractivity contribution in [3.63, 3.8) is 0 Å². The first-order valence-electron chi connectivity index (χ1n) is 4.61. The molecule has 0 aliphatic carbocycles. The number of nitrogens with one attached hydrogen (secondary N) is 1. The Morgan fingerprint density at radius 3 is 2.79 bits per heavy atom. The van der Waals surface area contributed by atoms with Crippen LogP contribution in [-0.2, 0) is 6.54 Å². The number of hydrogen-bond donors (Lipinski definition) is 1. The fraction of sp³-hybridized carbons (Fsp3) is 0.667. The molecule has 1 aromatic heterocycles. The van der Waals surface area contributed by atoms with Gasteiger partial charge in [-0.25, -0.2) is 13.8 Å². The van der Waals surface area contributed by atoms with Crippen molar-refractivity contribution in [2.45, 2.75) is 32.9 Å². The van der Waals surface area contributed by atoms with Gasteiger partial charge in [-0.05, 0) is 13.8 Å². The predicted octanol–water partition coefficient (Wildman–Crippen LogP) is 1.82. The molecule has 0 radical (unpaired) electrons. The molecule has 0 aliphatic heterocycles. The van der Waals surface area contributed by atoms with Gasteiger partial charge in [0.25, 0.3) is 6.43 Å². The topological polar surface area (TPSA) is 29.9 Å². The van der Waals surface area contributed by atoms with Crippen molar-refractivity contribution in [2.75, 3.05) is 6.54 Å². The summed E-state index contributed by atoms with van der Waals surface area (Å²) < 4.78 is 25.6. The van der Waals surface area contributed by atoms with Gasteiger partial charge in [-0.2, -0.15) is 0 Å². The minimum Gasteiger partial charge on any atom is -0.331 e. The highest BCUT2D eigenvalue weighted by atomic mass is 19.3. The highest BCUT2D eigenvalue weighted by Gasteiger charge is 2.06. The van der Waals surface area contributed by atoms with Crippen molar-refractivity contribution >= 4 is 0 Å². The Hall–Kier alpha value is -0.970. The average Bonchev–Trinajstić information content (AvgIpc) is 2.51. The predicted molar refractivity (Wildman–Crippen MR) is 50.3 cm³/mol. The van der Waals surface area contributed by atoms with E-state index >= 15 is 0 Å². The first-order valence-corrected chi connectivity index (χ1v) is 4.61. The molecular weight excluding hydrogens is 188 g/mol. The van der Waals surface area contributed by atoms with E-state index in [4.69, 9.17) is 0 Å². The van der Waals surface area contributed by atoms with Gasteiger partial charge in [0.05, 0.1) is 18.6 Å². The minimum absolute atomic E-state index is 0.275. The second kappa shape index (κ2) is 5.05. The number of alkyl halides is 2. The van der Waals surface area contributed by atoms with E-state index in [2.05, 4.69) is 10.3 Å². The zero-order valence-electron chi connectivity index (χ0n) is 8.37. The van der Waals surface area contributed by atoms with Crippen molar-refractivity contribution in [2.24, 2.45) is 0 Å². The summed E-state index contributed by atoms with van der Waals surface area (Å²) in [6, 6.07) is 0.306. The molecule has 1 N–H and O–H groups in total. The second-order valence-electron chi connectivity index (χ2n) is 3.41. The van der Waals surface area contributed by atoms with Crippen LogP contribution in [-0.4, -0.2) is 22.5 Å². The molecule has 0 atom stereocenters. The standard InChI is InChI=1S/C9H15F2N3/c1-7(2)14-6-13-4-8(14)3-12-5-9(10)11/h4,6-7,9,12H,3,5H2,1-2H3. The monoisotopic (exact) mass is 203 g/mol. The summed E-state index contributed by atoms with van der Waals surface area (Å²) in [5.41, 5.74) is 0.931.